The van der Waals surface area contributed by atoms with Crippen molar-refractivity contribution < 1.29 is 37.6 Å². The van der Waals surface area contributed by atoms with Gasteiger partial charge in [-0.3, -0.25) is 18.6 Å². The number of carbonyl (C=O) groups excluding carboxylic acids is 2. The predicted octanol–water partition coefficient (Wildman–Crippen LogP) is 16.6. The molecule has 0 bridgehead atoms. The van der Waals surface area contributed by atoms with Gasteiger partial charge in [0.15, 0.2) is 6.10 Å². The number of carbonyl (C=O) groups is 2. The van der Waals surface area contributed by atoms with Crippen LogP contribution in [0.25, 0.3) is 0 Å². The first-order valence-corrected chi connectivity index (χ1v) is 28.4. The molecule has 0 amide bonds. The van der Waals surface area contributed by atoms with E-state index in [4.69, 9.17) is 24.3 Å². The van der Waals surface area contributed by atoms with Crippen LogP contribution in [0.1, 0.15) is 239 Å². The Bertz CT molecular complexity index is 1310. The van der Waals surface area contributed by atoms with Crippen LogP contribution in [0.2, 0.25) is 0 Å². The fourth-order valence-electron chi connectivity index (χ4n) is 7.40. The Hall–Kier alpha value is -2.55. The van der Waals surface area contributed by atoms with Crippen molar-refractivity contribution in [2.45, 2.75) is 245 Å². The zero-order chi connectivity index (χ0) is 48.1. The Kier molecular flexibility index (Phi) is 49.8. The van der Waals surface area contributed by atoms with E-state index in [1.54, 1.807) is 0 Å². The van der Waals surface area contributed by atoms with E-state index in [9.17, 15) is 19.0 Å². The molecule has 0 aliphatic carbocycles. The molecule has 66 heavy (non-hydrogen) atoms. The molecule has 9 nitrogen and oxygen atoms in total. The number of allylic oxidation sites excluding steroid dienone is 12. The molecule has 0 radical (unpaired) electrons. The van der Waals surface area contributed by atoms with Gasteiger partial charge in [-0.05, 0) is 64.2 Å². The number of unbranched alkanes of at least 4 members (excludes halogenated alkanes) is 25. The summed E-state index contributed by atoms with van der Waals surface area (Å²) < 4.78 is 32.8. The zero-order valence-corrected chi connectivity index (χ0v) is 43.3. The minimum Gasteiger partial charge on any atom is -0.462 e. The van der Waals surface area contributed by atoms with Crippen LogP contribution in [0.15, 0.2) is 72.9 Å². The van der Waals surface area contributed by atoms with Crippen LogP contribution >= 0.6 is 7.82 Å². The van der Waals surface area contributed by atoms with Crippen LogP contribution in [0.3, 0.4) is 0 Å². The van der Waals surface area contributed by atoms with Gasteiger partial charge in [-0.25, -0.2) is 4.57 Å². The highest BCUT2D eigenvalue weighted by atomic mass is 31.2. The van der Waals surface area contributed by atoms with E-state index < -0.39 is 26.5 Å². The molecule has 2 unspecified atom stereocenters. The third-order valence-corrected chi connectivity index (χ3v) is 12.3. The van der Waals surface area contributed by atoms with Crippen molar-refractivity contribution in [2.75, 3.05) is 26.4 Å². The standard InChI is InChI=1S/C56H100NO8P/c1-3-5-7-9-11-13-15-16-17-18-19-20-21-22-23-24-25-26-27-28-29-30-31-32-33-34-35-36-37-38-39-41-43-45-47-49-56(59)65-54(53-64-66(60,61)63-51-50-57)52-62-55(58)48-46-44-42-40-14-12-10-8-6-4-2/h5,7,11,13,16-17,19-20,22-23,25-26,54H,3-4,6,8-10,12,14-15,18,21,24,27-53,57H2,1-2H3,(H,60,61)/b7-5-,13-11-,17-16-,20-19-,23-22-,26-25-. The number of hydrogen-bond donors (Lipinski definition) is 2. The lowest BCUT2D eigenvalue weighted by atomic mass is 10.0. The van der Waals surface area contributed by atoms with E-state index in [-0.39, 0.29) is 38.6 Å². The van der Waals surface area contributed by atoms with E-state index >= 15 is 0 Å². The van der Waals surface area contributed by atoms with Crippen LogP contribution in [0.5, 0.6) is 0 Å². The van der Waals surface area contributed by atoms with Gasteiger partial charge < -0.3 is 20.1 Å². The van der Waals surface area contributed by atoms with Gasteiger partial charge in [0.2, 0.25) is 0 Å². The third-order valence-electron chi connectivity index (χ3n) is 11.4. The summed E-state index contributed by atoms with van der Waals surface area (Å²) in [5, 5.41) is 0. The topological polar surface area (TPSA) is 134 Å². The third kappa shape index (κ3) is 50.9. The smallest absolute Gasteiger partial charge is 0.462 e. The molecule has 0 saturated carbocycles. The first-order chi connectivity index (χ1) is 32.3. The van der Waals surface area contributed by atoms with Gasteiger partial charge in [0.1, 0.15) is 6.61 Å². The molecule has 0 aromatic carbocycles. The van der Waals surface area contributed by atoms with Crippen molar-refractivity contribution in [3.8, 4) is 0 Å². The molecule has 0 heterocycles. The Labute approximate surface area is 405 Å². The second-order valence-electron chi connectivity index (χ2n) is 17.7. The average Bonchev–Trinajstić information content (AvgIpc) is 3.31. The van der Waals surface area contributed by atoms with Crippen LogP contribution < -0.4 is 5.73 Å². The van der Waals surface area contributed by atoms with E-state index in [1.807, 2.05) is 0 Å². The monoisotopic (exact) mass is 946 g/mol. The molecule has 0 aromatic rings. The summed E-state index contributed by atoms with van der Waals surface area (Å²) in [5.41, 5.74) is 5.36. The van der Waals surface area contributed by atoms with E-state index in [1.165, 1.54) is 128 Å². The van der Waals surface area contributed by atoms with Gasteiger partial charge in [0.25, 0.3) is 0 Å². The lowest BCUT2D eigenvalue weighted by molar-refractivity contribution is -0.161. The molecular weight excluding hydrogens is 846 g/mol. The van der Waals surface area contributed by atoms with Crippen molar-refractivity contribution in [3.05, 3.63) is 72.9 Å². The average molecular weight is 946 g/mol. The van der Waals surface area contributed by atoms with E-state index in [2.05, 4.69) is 86.8 Å². The molecule has 3 N–H and O–H groups in total. The number of nitrogens with two attached hydrogens (primary N) is 1. The molecular formula is C56H100NO8P. The Morgan fingerprint density at radius 2 is 0.833 bits per heavy atom. The van der Waals surface area contributed by atoms with Gasteiger partial charge in [-0.15, -0.1) is 0 Å². The number of rotatable bonds is 50. The number of hydrogen-bond acceptors (Lipinski definition) is 8. The van der Waals surface area contributed by atoms with Gasteiger partial charge in [-0.1, -0.05) is 234 Å². The van der Waals surface area contributed by atoms with Crippen LogP contribution in [-0.2, 0) is 32.7 Å². The lowest BCUT2D eigenvalue weighted by Gasteiger charge is -2.19. The molecule has 382 valence electrons. The van der Waals surface area contributed by atoms with Gasteiger partial charge in [-0.2, -0.15) is 0 Å². The molecule has 0 fully saturated rings. The van der Waals surface area contributed by atoms with Crippen LogP contribution in [0, 0.1) is 0 Å². The quantitative estimate of drug-likeness (QED) is 0.0264. The molecule has 10 heteroatoms. The second-order valence-corrected chi connectivity index (χ2v) is 19.2. The van der Waals surface area contributed by atoms with Crippen molar-refractivity contribution in [2.24, 2.45) is 5.73 Å². The predicted molar refractivity (Wildman–Crippen MR) is 279 cm³/mol. The molecule has 2 atom stereocenters. The molecule has 0 rings (SSSR count). The van der Waals surface area contributed by atoms with E-state index in [0.29, 0.717) is 6.42 Å². The van der Waals surface area contributed by atoms with Gasteiger partial charge >= 0.3 is 19.8 Å². The van der Waals surface area contributed by atoms with Crippen LogP contribution in [0.4, 0.5) is 0 Å². The maximum absolute atomic E-state index is 12.6. The molecule has 0 aliphatic rings. The Balaban J connectivity index is 3.85. The normalized spacial score (nSPS) is 13.7. The lowest BCUT2D eigenvalue weighted by Crippen LogP contribution is -2.29. The first-order valence-electron chi connectivity index (χ1n) is 26.9. The highest BCUT2D eigenvalue weighted by molar-refractivity contribution is 7.47. The van der Waals surface area contributed by atoms with Crippen molar-refractivity contribution in [1.82, 2.24) is 0 Å². The number of ether oxygens (including phenoxy) is 2. The maximum atomic E-state index is 12.6. The van der Waals surface area contributed by atoms with Crippen molar-refractivity contribution in [1.29, 1.82) is 0 Å². The van der Waals surface area contributed by atoms with Gasteiger partial charge in [0, 0.05) is 19.4 Å². The summed E-state index contributed by atoms with van der Waals surface area (Å²) in [6.07, 6.45) is 65.4. The van der Waals surface area contributed by atoms with Crippen LogP contribution in [-0.4, -0.2) is 49.3 Å². The fraction of sp³-hybridized carbons (Fsp3) is 0.750. The number of phosphoric ester groups is 1. The summed E-state index contributed by atoms with van der Waals surface area (Å²) in [6.45, 7) is 3.62. The summed E-state index contributed by atoms with van der Waals surface area (Å²) in [4.78, 5) is 34.9. The zero-order valence-electron chi connectivity index (χ0n) is 42.4. The van der Waals surface area contributed by atoms with E-state index in [0.717, 1.165) is 77.0 Å². The maximum Gasteiger partial charge on any atom is 0.472 e. The minimum atomic E-state index is -4.38. The van der Waals surface area contributed by atoms with Crippen molar-refractivity contribution >= 4 is 19.8 Å². The fourth-order valence-corrected chi connectivity index (χ4v) is 8.17. The second kappa shape index (κ2) is 51.8. The number of phosphoric acid groups is 1. The number of esters is 2. The summed E-state index contributed by atoms with van der Waals surface area (Å²) in [5.74, 6) is -0.825. The Morgan fingerprint density at radius 1 is 0.470 bits per heavy atom. The SMILES string of the molecule is CC/C=C\C/C=C\C/C=C\C/C=C\C/C=C\C/C=C\CCCCCCCCCCCCCCCCCCC(=O)OC(COC(=O)CCCCCCCCCCCC)COP(=O)(O)OCCN. The summed E-state index contributed by atoms with van der Waals surface area (Å²) in [7, 11) is -4.38. The van der Waals surface area contributed by atoms with Gasteiger partial charge in [0.05, 0.1) is 13.2 Å². The Morgan fingerprint density at radius 3 is 1.24 bits per heavy atom. The minimum absolute atomic E-state index is 0.0533. The first kappa shape index (κ1) is 63.5. The van der Waals surface area contributed by atoms with Crippen molar-refractivity contribution in [3.63, 3.8) is 0 Å². The molecule has 0 spiro atoms. The summed E-state index contributed by atoms with van der Waals surface area (Å²) in [6, 6.07) is 0. The highest BCUT2D eigenvalue weighted by Gasteiger charge is 2.26. The molecule has 0 saturated heterocycles. The molecule has 0 aliphatic heterocycles. The largest absolute Gasteiger partial charge is 0.472 e. The highest BCUT2D eigenvalue weighted by Crippen LogP contribution is 2.43. The summed E-state index contributed by atoms with van der Waals surface area (Å²) >= 11 is 0. The molecule has 0 aromatic heterocycles.